The molecular weight excluding hydrogens is 465 g/mol. The van der Waals surface area contributed by atoms with Crippen molar-refractivity contribution in [3.63, 3.8) is 0 Å². The third-order valence-electron chi connectivity index (χ3n) is 5.42. The number of thiocarbonyl (C=S) groups is 1. The molecule has 4 rings (SSSR count). The average molecular weight is 486 g/mol. The van der Waals surface area contributed by atoms with E-state index in [9.17, 15) is 4.79 Å². The summed E-state index contributed by atoms with van der Waals surface area (Å²) in [7, 11) is 0. The van der Waals surface area contributed by atoms with Crippen molar-refractivity contribution in [3.8, 4) is 16.9 Å². The first-order valence-corrected chi connectivity index (χ1v) is 11.4. The second-order valence-corrected chi connectivity index (χ2v) is 8.56. The van der Waals surface area contributed by atoms with Crippen LogP contribution in [0.2, 0.25) is 10.0 Å². The number of halogens is 2. The van der Waals surface area contributed by atoms with Crippen LogP contribution < -0.4 is 5.43 Å². The summed E-state index contributed by atoms with van der Waals surface area (Å²) in [6.45, 7) is 3.52. The lowest BCUT2D eigenvalue weighted by molar-refractivity contribution is 0.0743. The number of piperidine rings is 1. The van der Waals surface area contributed by atoms with Crippen LogP contribution in [0, 0.1) is 6.92 Å². The normalized spacial score (nSPS) is 14.1. The summed E-state index contributed by atoms with van der Waals surface area (Å²) < 4.78 is 1.66. The monoisotopic (exact) mass is 485 g/mol. The molecule has 0 unspecified atom stereocenters. The van der Waals surface area contributed by atoms with Gasteiger partial charge in [0.15, 0.2) is 5.69 Å². The van der Waals surface area contributed by atoms with Gasteiger partial charge >= 0.3 is 0 Å². The molecule has 0 radical (unpaired) electrons. The third kappa shape index (κ3) is 4.63. The molecule has 1 aliphatic heterocycles. The summed E-state index contributed by atoms with van der Waals surface area (Å²) in [4.78, 5) is 17.4. The number of amides is 1. The Morgan fingerprint density at radius 3 is 2.62 bits per heavy atom. The highest BCUT2D eigenvalue weighted by Gasteiger charge is 2.26. The van der Waals surface area contributed by atoms with E-state index >= 15 is 0 Å². The fourth-order valence-corrected chi connectivity index (χ4v) is 4.46. The minimum Gasteiger partial charge on any atom is -0.283 e. The molecule has 9 heteroatoms. The number of hydrogen-bond donors (Lipinski definition) is 1. The van der Waals surface area contributed by atoms with Crippen molar-refractivity contribution in [2.24, 2.45) is 4.99 Å². The molecule has 2 heterocycles. The molecule has 3 aromatic rings. The van der Waals surface area contributed by atoms with Crippen LogP contribution in [0.1, 0.15) is 35.3 Å². The summed E-state index contributed by atoms with van der Waals surface area (Å²) in [5.41, 5.74) is 6.71. The van der Waals surface area contributed by atoms with Crippen LogP contribution in [-0.2, 0) is 0 Å². The maximum absolute atomic E-state index is 13.2. The standard InChI is InChI=1S/C23H21Cl2N5OS/c1-15-21(23(31)28-29-11-5-2-6-12-29)27-30(20-10-9-16(24)13-18(20)25)22(15)17-7-3-4-8-19(17)26-14-32/h3-4,7-10,13H,2,5-6,11-12H2,1H3,(H,28,31). The first kappa shape index (κ1) is 22.6. The van der Waals surface area contributed by atoms with E-state index in [1.165, 1.54) is 6.42 Å². The topological polar surface area (TPSA) is 62.5 Å². The van der Waals surface area contributed by atoms with Gasteiger partial charge in [-0.3, -0.25) is 10.2 Å². The molecule has 0 spiro atoms. The number of hydrogen-bond acceptors (Lipinski definition) is 5. The number of hydrazine groups is 1. The van der Waals surface area contributed by atoms with Crippen molar-refractivity contribution in [2.75, 3.05) is 13.1 Å². The fourth-order valence-electron chi connectivity index (χ4n) is 3.88. The second-order valence-electron chi connectivity index (χ2n) is 7.54. The molecule has 0 bridgehead atoms. The number of benzene rings is 2. The van der Waals surface area contributed by atoms with Crippen LogP contribution in [0.4, 0.5) is 5.69 Å². The minimum absolute atomic E-state index is 0.259. The Bertz CT molecular complexity index is 1210. The molecule has 1 fully saturated rings. The van der Waals surface area contributed by atoms with E-state index in [2.05, 4.69) is 20.7 Å². The zero-order chi connectivity index (χ0) is 22.7. The smallest absolute Gasteiger partial charge is 0.283 e. The van der Waals surface area contributed by atoms with Crippen LogP contribution in [0.25, 0.3) is 16.9 Å². The summed E-state index contributed by atoms with van der Waals surface area (Å²) >= 11 is 17.5. The molecular formula is C23H21Cl2N5OS. The molecule has 1 saturated heterocycles. The molecule has 1 amide bonds. The SMILES string of the molecule is Cc1c(C(=O)NN2CCCCC2)nn(-c2ccc(Cl)cc2Cl)c1-c1ccccc1N=C=S. The van der Waals surface area contributed by atoms with Gasteiger partial charge in [0.2, 0.25) is 0 Å². The van der Waals surface area contributed by atoms with Crippen LogP contribution in [0.15, 0.2) is 47.5 Å². The summed E-state index contributed by atoms with van der Waals surface area (Å²) in [5.74, 6) is -0.259. The van der Waals surface area contributed by atoms with Gasteiger partial charge in [-0.2, -0.15) is 10.1 Å². The largest absolute Gasteiger partial charge is 0.286 e. The Morgan fingerprint density at radius 1 is 1.16 bits per heavy atom. The zero-order valence-electron chi connectivity index (χ0n) is 17.4. The van der Waals surface area contributed by atoms with E-state index in [1.54, 1.807) is 22.9 Å². The van der Waals surface area contributed by atoms with Crippen molar-refractivity contribution in [3.05, 3.63) is 63.8 Å². The van der Waals surface area contributed by atoms with Gasteiger partial charge in [0.05, 0.1) is 27.3 Å². The summed E-state index contributed by atoms with van der Waals surface area (Å²) in [6.07, 6.45) is 3.29. The van der Waals surface area contributed by atoms with E-state index in [0.29, 0.717) is 38.4 Å². The highest BCUT2D eigenvalue weighted by molar-refractivity contribution is 7.78. The van der Waals surface area contributed by atoms with E-state index in [1.807, 2.05) is 36.2 Å². The lowest BCUT2D eigenvalue weighted by Gasteiger charge is -2.26. The van der Waals surface area contributed by atoms with Gasteiger partial charge in [-0.25, -0.2) is 9.69 Å². The number of nitrogens with one attached hydrogen (secondary N) is 1. The number of isothiocyanates is 1. The van der Waals surface area contributed by atoms with E-state index in [-0.39, 0.29) is 5.91 Å². The average Bonchev–Trinajstić information content (AvgIpc) is 3.12. The Kier molecular flexibility index (Phi) is 7.04. The van der Waals surface area contributed by atoms with Crippen molar-refractivity contribution < 1.29 is 4.79 Å². The minimum atomic E-state index is -0.259. The molecule has 6 nitrogen and oxygen atoms in total. The molecule has 0 atom stereocenters. The van der Waals surface area contributed by atoms with Gasteiger partial charge in [-0.15, -0.1) is 0 Å². The van der Waals surface area contributed by atoms with Crippen LogP contribution in [-0.4, -0.2) is 38.9 Å². The van der Waals surface area contributed by atoms with E-state index in [4.69, 9.17) is 35.4 Å². The molecule has 1 N–H and O–H groups in total. The Balaban J connectivity index is 1.87. The number of aromatic nitrogens is 2. The van der Waals surface area contributed by atoms with Crippen LogP contribution in [0.3, 0.4) is 0 Å². The van der Waals surface area contributed by atoms with Gasteiger partial charge in [0, 0.05) is 29.2 Å². The maximum Gasteiger partial charge on any atom is 0.286 e. The first-order valence-electron chi connectivity index (χ1n) is 10.3. The van der Waals surface area contributed by atoms with Gasteiger partial charge in [0.1, 0.15) is 0 Å². The molecule has 32 heavy (non-hydrogen) atoms. The van der Waals surface area contributed by atoms with Crippen molar-refractivity contribution >= 4 is 52.2 Å². The highest BCUT2D eigenvalue weighted by atomic mass is 35.5. The van der Waals surface area contributed by atoms with Crippen molar-refractivity contribution in [1.82, 2.24) is 20.2 Å². The molecule has 1 aliphatic rings. The Labute approximate surface area is 201 Å². The van der Waals surface area contributed by atoms with Crippen molar-refractivity contribution in [1.29, 1.82) is 0 Å². The first-order chi connectivity index (χ1) is 15.5. The van der Waals surface area contributed by atoms with Crippen LogP contribution >= 0.6 is 35.4 Å². The third-order valence-corrected chi connectivity index (χ3v) is 6.05. The fraction of sp³-hybridized carbons (Fsp3) is 0.261. The molecule has 0 saturated carbocycles. The number of carbonyl (C=O) groups excluding carboxylic acids is 1. The number of nitrogens with zero attached hydrogens (tertiary/aromatic N) is 4. The maximum atomic E-state index is 13.2. The van der Waals surface area contributed by atoms with Gasteiger partial charge in [0.25, 0.3) is 5.91 Å². The summed E-state index contributed by atoms with van der Waals surface area (Å²) in [5, 5.41) is 9.98. The Morgan fingerprint density at radius 2 is 1.91 bits per heavy atom. The molecule has 164 valence electrons. The van der Waals surface area contributed by atoms with Crippen molar-refractivity contribution in [2.45, 2.75) is 26.2 Å². The van der Waals surface area contributed by atoms with E-state index < -0.39 is 0 Å². The molecule has 1 aromatic heterocycles. The number of rotatable bonds is 5. The van der Waals surface area contributed by atoms with Crippen LogP contribution in [0.5, 0.6) is 0 Å². The van der Waals surface area contributed by atoms with Gasteiger partial charge in [-0.1, -0.05) is 47.8 Å². The quantitative estimate of drug-likeness (QED) is 0.354. The lowest BCUT2D eigenvalue weighted by Crippen LogP contribution is -2.45. The number of para-hydroxylation sites is 1. The number of carbonyl (C=O) groups is 1. The molecule has 0 aliphatic carbocycles. The number of aliphatic imine (C=N–C) groups is 1. The predicted octanol–water partition coefficient (Wildman–Crippen LogP) is 6.02. The highest BCUT2D eigenvalue weighted by Crippen LogP contribution is 2.37. The van der Waals surface area contributed by atoms with E-state index in [0.717, 1.165) is 31.5 Å². The lowest BCUT2D eigenvalue weighted by atomic mass is 10.0. The van der Waals surface area contributed by atoms with Gasteiger partial charge < -0.3 is 0 Å². The predicted molar refractivity (Wildman–Crippen MR) is 131 cm³/mol. The summed E-state index contributed by atoms with van der Waals surface area (Å²) in [6, 6.07) is 12.7. The Hall–Kier alpha value is -2.54. The second kappa shape index (κ2) is 9.94. The molecule has 2 aromatic carbocycles. The van der Waals surface area contributed by atoms with Gasteiger partial charge in [-0.05, 0) is 56.2 Å². The zero-order valence-corrected chi connectivity index (χ0v) is 19.8.